The fraction of sp³-hybridized carbons (Fsp3) is 0.310. The molecule has 0 spiro atoms. The minimum absolute atomic E-state index is 0.282. The number of carbonyl (C=O) groups is 2. The third kappa shape index (κ3) is 4.49. The first-order valence-electron chi connectivity index (χ1n) is 12.6. The Morgan fingerprint density at radius 1 is 0.947 bits per heavy atom. The predicted molar refractivity (Wildman–Crippen MR) is 141 cm³/mol. The molecule has 3 aromatic rings. The highest BCUT2D eigenvalue weighted by atomic mass is 35.5. The van der Waals surface area contributed by atoms with E-state index in [0.29, 0.717) is 71.9 Å². The SMILES string of the molecule is O=C(O)C1c2ccccc2C(=O)N(c2ccc(CN3CCOCC3)c(Cl)c2)C1c1ccc2c(c1)OCCO2. The summed E-state index contributed by atoms with van der Waals surface area (Å²) in [6.45, 7) is 4.53. The summed E-state index contributed by atoms with van der Waals surface area (Å²) < 4.78 is 16.9. The number of hydrogen-bond donors (Lipinski definition) is 1. The van der Waals surface area contributed by atoms with Gasteiger partial charge in [0.1, 0.15) is 19.1 Å². The van der Waals surface area contributed by atoms with Gasteiger partial charge in [-0.3, -0.25) is 19.4 Å². The quantitative estimate of drug-likeness (QED) is 0.515. The molecule has 8 nitrogen and oxygen atoms in total. The Bertz CT molecular complexity index is 1390. The summed E-state index contributed by atoms with van der Waals surface area (Å²) in [4.78, 5) is 30.6. The Morgan fingerprint density at radius 3 is 2.47 bits per heavy atom. The van der Waals surface area contributed by atoms with Gasteiger partial charge in [-0.05, 0) is 47.0 Å². The number of halogens is 1. The van der Waals surface area contributed by atoms with Crippen LogP contribution in [0.2, 0.25) is 5.02 Å². The number of carboxylic acids is 1. The molecule has 0 aromatic heterocycles. The Balaban J connectivity index is 1.45. The van der Waals surface area contributed by atoms with Gasteiger partial charge in [0.05, 0.1) is 19.3 Å². The number of hydrogen-bond acceptors (Lipinski definition) is 6. The molecule has 3 heterocycles. The van der Waals surface area contributed by atoms with Gasteiger partial charge in [-0.25, -0.2) is 0 Å². The van der Waals surface area contributed by atoms with E-state index in [1.807, 2.05) is 12.1 Å². The largest absolute Gasteiger partial charge is 0.486 e. The van der Waals surface area contributed by atoms with Crippen LogP contribution in [0.1, 0.15) is 39.0 Å². The molecule has 1 amide bonds. The van der Waals surface area contributed by atoms with E-state index < -0.39 is 17.9 Å². The number of morpholine rings is 1. The van der Waals surface area contributed by atoms with E-state index in [-0.39, 0.29) is 5.91 Å². The highest BCUT2D eigenvalue weighted by Crippen LogP contribution is 2.47. The number of aliphatic carboxylic acids is 1. The highest BCUT2D eigenvalue weighted by molar-refractivity contribution is 6.31. The number of benzene rings is 3. The Hall–Kier alpha value is -3.59. The molecule has 1 fully saturated rings. The average molecular weight is 535 g/mol. The standard InChI is InChI=1S/C29H27ClN2O6/c30-23-16-20(7-5-19(23)17-31-9-11-36-12-10-31)32-27(18-6-8-24-25(15-18)38-14-13-37-24)26(29(34)35)21-3-1-2-4-22(21)28(32)33/h1-8,15-16,26-27H,9-14,17H2,(H,34,35). The van der Waals surface area contributed by atoms with E-state index in [0.717, 1.165) is 18.7 Å². The Labute approximate surface area is 225 Å². The van der Waals surface area contributed by atoms with Gasteiger partial charge in [0.15, 0.2) is 11.5 Å². The van der Waals surface area contributed by atoms with Crippen LogP contribution in [0.4, 0.5) is 5.69 Å². The average Bonchev–Trinajstić information content (AvgIpc) is 2.94. The summed E-state index contributed by atoms with van der Waals surface area (Å²) in [6, 6.07) is 16.9. The summed E-state index contributed by atoms with van der Waals surface area (Å²) in [5.74, 6) is -1.18. The van der Waals surface area contributed by atoms with Crippen LogP contribution >= 0.6 is 11.6 Å². The van der Waals surface area contributed by atoms with Crippen LogP contribution in [-0.4, -0.2) is 61.4 Å². The van der Waals surface area contributed by atoms with E-state index in [2.05, 4.69) is 4.90 Å². The minimum atomic E-state index is -1.02. The fourth-order valence-electron chi connectivity index (χ4n) is 5.48. The second-order valence-corrected chi connectivity index (χ2v) is 10.00. The second kappa shape index (κ2) is 10.3. The molecule has 3 aliphatic heterocycles. The molecule has 1 N–H and O–H groups in total. The molecule has 0 aliphatic carbocycles. The number of fused-ring (bicyclic) bond motifs is 2. The first-order chi connectivity index (χ1) is 18.5. The molecule has 3 aliphatic rings. The molecule has 3 aromatic carbocycles. The van der Waals surface area contributed by atoms with Crippen molar-refractivity contribution in [1.82, 2.24) is 4.90 Å². The van der Waals surface area contributed by atoms with Gasteiger partial charge in [0, 0.05) is 35.9 Å². The summed E-state index contributed by atoms with van der Waals surface area (Å²) in [5, 5.41) is 11.0. The minimum Gasteiger partial charge on any atom is -0.486 e. The molecular formula is C29H27ClN2O6. The second-order valence-electron chi connectivity index (χ2n) is 9.59. The summed E-state index contributed by atoms with van der Waals surface area (Å²) >= 11 is 6.75. The van der Waals surface area contributed by atoms with Crippen molar-refractivity contribution in [3.05, 3.63) is 87.9 Å². The smallest absolute Gasteiger partial charge is 0.313 e. The maximum absolute atomic E-state index is 14.0. The van der Waals surface area contributed by atoms with E-state index in [4.69, 9.17) is 25.8 Å². The lowest BCUT2D eigenvalue weighted by atomic mass is 9.79. The van der Waals surface area contributed by atoms with Gasteiger partial charge in [-0.15, -0.1) is 0 Å². The van der Waals surface area contributed by atoms with Gasteiger partial charge in [0.2, 0.25) is 0 Å². The predicted octanol–water partition coefficient (Wildman–Crippen LogP) is 4.51. The van der Waals surface area contributed by atoms with E-state index >= 15 is 0 Å². The monoisotopic (exact) mass is 534 g/mol. The molecule has 38 heavy (non-hydrogen) atoms. The van der Waals surface area contributed by atoms with Gasteiger partial charge < -0.3 is 19.3 Å². The van der Waals surface area contributed by atoms with Crippen molar-refractivity contribution in [3.63, 3.8) is 0 Å². The molecule has 2 unspecified atom stereocenters. The Morgan fingerprint density at radius 2 is 1.71 bits per heavy atom. The summed E-state index contributed by atoms with van der Waals surface area (Å²) in [6.07, 6.45) is 0. The van der Waals surface area contributed by atoms with Crippen LogP contribution in [-0.2, 0) is 16.1 Å². The number of anilines is 1. The molecule has 0 radical (unpaired) electrons. The van der Waals surface area contributed by atoms with Crippen LogP contribution in [0.3, 0.4) is 0 Å². The first kappa shape index (κ1) is 24.7. The molecule has 196 valence electrons. The molecule has 1 saturated heterocycles. The summed E-state index contributed by atoms with van der Waals surface area (Å²) in [7, 11) is 0. The number of ether oxygens (including phenoxy) is 3. The fourth-order valence-corrected chi connectivity index (χ4v) is 5.72. The maximum Gasteiger partial charge on any atom is 0.313 e. The number of carbonyl (C=O) groups excluding carboxylic acids is 1. The van der Waals surface area contributed by atoms with E-state index in [9.17, 15) is 14.7 Å². The zero-order valence-electron chi connectivity index (χ0n) is 20.6. The highest BCUT2D eigenvalue weighted by Gasteiger charge is 2.45. The molecule has 9 heteroatoms. The summed E-state index contributed by atoms with van der Waals surface area (Å²) in [5.41, 5.74) is 2.95. The van der Waals surface area contributed by atoms with E-state index in [1.165, 1.54) is 0 Å². The van der Waals surface area contributed by atoms with Crippen molar-refractivity contribution < 1.29 is 28.9 Å². The topological polar surface area (TPSA) is 88.5 Å². The lowest BCUT2D eigenvalue weighted by Crippen LogP contribution is -2.45. The van der Waals surface area contributed by atoms with Gasteiger partial charge in [-0.2, -0.15) is 0 Å². The van der Waals surface area contributed by atoms with Crippen molar-refractivity contribution >= 4 is 29.2 Å². The van der Waals surface area contributed by atoms with Gasteiger partial charge in [0.25, 0.3) is 5.91 Å². The third-order valence-electron chi connectivity index (χ3n) is 7.33. The van der Waals surface area contributed by atoms with Crippen LogP contribution < -0.4 is 14.4 Å². The maximum atomic E-state index is 14.0. The van der Waals surface area contributed by atoms with Crippen molar-refractivity contribution in [2.75, 3.05) is 44.4 Å². The molecule has 0 bridgehead atoms. The molecule has 2 atom stereocenters. The number of rotatable bonds is 5. The van der Waals surface area contributed by atoms with Crippen molar-refractivity contribution in [1.29, 1.82) is 0 Å². The van der Waals surface area contributed by atoms with Crippen LogP contribution in [0.5, 0.6) is 11.5 Å². The van der Waals surface area contributed by atoms with Gasteiger partial charge in [-0.1, -0.05) is 41.9 Å². The van der Waals surface area contributed by atoms with Crippen molar-refractivity contribution in [3.8, 4) is 11.5 Å². The number of nitrogens with zero attached hydrogens (tertiary/aromatic N) is 2. The number of carboxylic acid groups (broad SMARTS) is 1. The van der Waals surface area contributed by atoms with Crippen LogP contribution in [0, 0.1) is 0 Å². The lowest BCUT2D eigenvalue weighted by Gasteiger charge is -2.41. The molecule has 0 saturated carbocycles. The van der Waals surface area contributed by atoms with Crippen molar-refractivity contribution in [2.45, 2.75) is 18.5 Å². The lowest BCUT2D eigenvalue weighted by molar-refractivity contribution is -0.139. The zero-order valence-corrected chi connectivity index (χ0v) is 21.4. The first-order valence-corrected chi connectivity index (χ1v) is 13.0. The van der Waals surface area contributed by atoms with Gasteiger partial charge >= 0.3 is 5.97 Å². The molecule has 6 rings (SSSR count). The molecular weight excluding hydrogens is 508 g/mol. The van der Waals surface area contributed by atoms with Crippen LogP contribution in [0.25, 0.3) is 0 Å². The number of amides is 1. The van der Waals surface area contributed by atoms with E-state index in [1.54, 1.807) is 53.4 Å². The third-order valence-corrected chi connectivity index (χ3v) is 7.68. The Kier molecular flexibility index (Phi) is 6.69. The zero-order chi connectivity index (χ0) is 26.2. The normalized spacial score (nSPS) is 21.2. The van der Waals surface area contributed by atoms with Crippen LogP contribution in [0.15, 0.2) is 60.7 Å². The van der Waals surface area contributed by atoms with Crippen molar-refractivity contribution in [2.24, 2.45) is 0 Å².